The van der Waals surface area contributed by atoms with Gasteiger partial charge in [-0.2, -0.15) is 0 Å². The molecule has 25 heavy (non-hydrogen) atoms. The lowest BCUT2D eigenvalue weighted by Gasteiger charge is -2.17. The molecule has 1 unspecified atom stereocenters. The Hall–Kier alpha value is -3.29. The van der Waals surface area contributed by atoms with Gasteiger partial charge in [0.05, 0.1) is 18.9 Å². The Balaban J connectivity index is 1.91. The van der Waals surface area contributed by atoms with Gasteiger partial charge in [-0.3, -0.25) is 9.78 Å². The van der Waals surface area contributed by atoms with Gasteiger partial charge in [0, 0.05) is 23.9 Å². The second-order valence-electron chi connectivity index (χ2n) is 5.12. The molecule has 0 aliphatic heterocycles. The molecule has 0 fully saturated rings. The van der Waals surface area contributed by atoms with Crippen LogP contribution in [0.1, 0.15) is 22.0 Å². The summed E-state index contributed by atoms with van der Waals surface area (Å²) in [6.07, 6.45) is 2.72. The molecule has 0 spiro atoms. The number of aromatic nitrogens is 1. The van der Waals surface area contributed by atoms with E-state index in [-0.39, 0.29) is 11.1 Å². The van der Waals surface area contributed by atoms with E-state index in [9.17, 15) is 18.4 Å². The number of hydrogen-bond donors (Lipinski definition) is 1. The highest BCUT2D eigenvalue weighted by atomic mass is 19.1. The number of rotatable bonds is 4. The van der Waals surface area contributed by atoms with Gasteiger partial charge in [0.1, 0.15) is 17.2 Å². The van der Waals surface area contributed by atoms with E-state index in [4.69, 9.17) is 4.42 Å². The zero-order chi connectivity index (χ0) is 18.0. The van der Waals surface area contributed by atoms with E-state index in [2.05, 4.69) is 15.0 Å². The maximum atomic E-state index is 14.0. The van der Waals surface area contributed by atoms with Crippen molar-refractivity contribution in [1.82, 2.24) is 10.3 Å². The number of halogens is 2. The van der Waals surface area contributed by atoms with Gasteiger partial charge in [-0.05, 0) is 12.1 Å². The molecule has 128 valence electrons. The topological polar surface area (TPSA) is 81.4 Å². The van der Waals surface area contributed by atoms with Crippen LogP contribution in [0.5, 0.6) is 0 Å². The van der Waals surface area contributed by atoms with E-state index < -0.39 is 29.6 Å². The highest BCUT2D eigenvalue weighted by Crippen LogP contribution is 2.21. The minimum atomic E-state index is -1.44. The largest absolute Gasteiger partial charge is 0.467 e. The number of furan rings is 1. The van der Waals surface area contributed by atoms with Crippen LogP contribution in [0, 0.1) is 11.6 Å². The lowest BCUT2D eigenvalue weighted by molar-refractivity contribution is -0.143. The van der Waals surface area contributed by atoms with Crippen LogP contribution in [0.4, 0.5) is 8.78 Å². The van der Waals surface area contributed by atoms with Gasteiger partial charge in [-0.25, -0.2) is 13.6 Å². The number of benzene rings is 1. The second kappa shape index (κ2) is 6.68. The highest BCUT2D eigenvalue weighted by Gasteiger charge is 2.27. The molecule has 0 saturated carbocycles. The minimum absolute atomic E-state index is 0.110. The SMILES string of the molecule is COC(=O)C(NC(=O)c1cnc2ccoc2c1)c1ccc(F)cc1F. The average molecular weight is 346 g/mol. The third-order valence-corrected chi connectivity index (χ3v) is 3.55. The summed E-state index contributed by atoms with van der Waals surface area (Å²) in [5.41, 5.74) is 0.841. The van der Waals surface area contributed by atoms with E-state index in [1.165, 1.54) is 18.5 Å². The molecule has 6 nitrogen and oxygen atoms in total. The molecule has 1 amide bonds. The predicted octanol–water partition coefficient (Wildman–Crippen LogP) is 2.75. The standard InChI is InChI=1S/C17H12F2N2O4/c1-24-17(23)15(11-3-2-10(18)7-12(11)19)21-16(22)9-6-14-13(20-8-9)4-5-25-14/h2-8,15H,1H3,(H,21,22). The number of hydrogen-bond acceptors (Lipinski definition) is 5. The number of ether oxygens (including phenoxy) is 1. The first-order valence-corrected chi connectivity index (χ1v) is 7.16. The van der Waals surface area contributed by atoms with Crippen molar-refractivity contribution in [2.24, 2.45) is 0 Å². The number of nitrogens with zero attached hydrogens (tertiary/aromatic N) is 1. The van der Waals surface area contributed by atoms with E-state index >= 15 is 0 Å². The van der Waals surface area contributed by atoms with E-state index in [0.717, 1.165) is 19.2 Å². The summed E-state index contributed by atoms with van der Waals surface area (Å²) >= 11 is 0. The molecule has 1 aromatic carbocycles. The Kier molecular flexibility index (Phi) is 4.42. The first-order valence-electron chi connectivity index (χ1n) is 7.16. The zero-order valence-corrected chi connectivity index (χ0v) is 13.0. The molecule has 0 saturated heterocycles. The van der Waals surface area contributed by atoms with E-state index in [1.54, 1.807) is 6.07 Å². The average Bonchev–Trinajstić information content (AvgIpc) is 3.07. The van der Waals surface area contributed by atoms with Crippen molar-refractivity contribution in [2.75, 3.05) is 7.11 Å². The summed E-state index contributed by atoms with van der Waals surface area (Å²) in [5, 5.41) is 2.36. The Morgan fingerprint density at radius 2 is 2.04 bits per heavy atom. The van der Waals surface area contributed by atoms with Crippen molar-refractivity contribution in [1.29, 1.82) is 0 Å². The van der Waals surface area contributed by atoms with Crippen LogP contribution in [0.25, 0.3) is 11.1 Å². The molecule has 1 atom stereocenters. The summed E-state index contributed by atoms with van der Waals surface area (Å²) in [4.78, 5) is 28.4. The van der Waals surface area contributed by atoms with Crippen LogP contribution in [0.15, 0.2) is 47.2 Å². The summed E-state index contributed by atoms with van der Waals surface area (Å²) in [7, 11) is 1.10. The van der Waals surface area contributed by atoms with Gasteiger partial charge in [0.15, 0.2) is 11.6 Å². The molecule has 2 heterocycles. The molecule has 1 N–H and O–H groups in total. The summed E-state index contributed by atoms with van der Waals surface area (Å²) in [6, 6.07) is 4.30. The number of nitrogens with one attached hydrogen (secondary N) is 1. The molecule has 0 radical (unpaired) electrons. The maximum absolute atomic E-state index is 14.0. The molecule has 3 aromatic rings. The van der Waals surface area contributed by atoms with Crippen LogP contribution in [0.2, 0.25) is 0 Å². The molecule has 0 bridgehead atoms. The lowest BCUT2D eigenvalue weighted by atomic mass is 10.1. The zero-order valence-electron chi connectivity index (χ0n) is 13.0. The smallest absolute Gasteiger partial charge is 0.333 e. The molecule has 0 aliphatic carbocycles. The van der Waals surface area contributed by atoms with Crippen LogP contribution in [-0.2, 0) is 9.53 Å². The monoisotopic (exact) mass is 346 g/mol. The van der Waals surface area contributed by atoms with Crippen molar-refractivity contribution in [2.45, 2.75) is 6.04 Å². The fourth-order valence-electron chi connectivity index (χ4n) is 2.30. The number of amides is 1. The fraction of sp³-hybridized carbons (Fsp3) is 0.118. The van der Waals surface area contributed by atoms with Gasteiger partial charge >= 0.3 is 5.97 Å². The van der Waals surface area contributed by atoms with Crippen LogP contribution in [0.3, 0.4) is 0 Å². The molecular weight excluding hydrogens is 334 g/mol. The first kappa shape index (κ1) is 16.6. The highest BCUT2D eigenvalue weighted by molar-refractivity contribution is 5.98. The van der Waals surface area contributed by atoms with Gasteiger partial charge in [0.25, 0.3) is 5.91 Å². The van der Waals surface area contributed by atoms with Crippen molar-refractivity contribution in [3.63, 3.8) is 0 Å². The van der Waals surface area contributed by atoms with Crippen molar-refractivity contribution < 1.29 is 27.5 Å². The second-order valence-corrected chi connectivity index (χ2v) is 5.12. The quantitative estimate of drug-likeness (QED) is 0.735. The predicted molar refractivity (Wildman–Crippen MR) is 82.6 cm³/mol. The molecule has 0 aliphatic rings. The van der Waals surface area contributed by atoms with E-state index in [0.29, 0.717) is 17.2 Å². The van der Waals surface area contributed by atoms with E-state index in [1.807, 2.05) is 0 Å². The number of methoxy groups -OCH3 is 1. The first-order chi connectivity index (χ1) is 12.0. The van der Waals surface area contributed by atoms with Crippen LogP contribution in [-0.4, -0.2) is 24.0 Å². The van der Waals surface area contributed by atoms with Crippen molar-refractivity contribution >= 4 is 23.0 Å². The Morgan fingerprint density at radius 1 is 1.24 bits per heavy atom. The Morgan fingerprint density at radius 3 is 2.76 bits per heavy atom. The number of carbonyl (C=O) groups is 2. The molecule has 8 heteroatoms. The molecular formula is C17H12F2N2O4. The Labute approximate surface area is 140 Å². The Bertz CT molecular complexity index is 955. The number of pyridine rings is 1. The normalized spacial score (nSPS) is 12.0. The summed E-state index contributed by atoms with van der Waals surface area (Å²) in [6.45, 7) is 0. The van der Waals surface area contributed by atoms with Gasteiger partial charge in [-0.15, -0.1) is 0 Å². The van der Waals surface area contributed by atoms with Gasteiger partial charge in [-0.1, -0.05) is 6.07 Å². The third-order valence-electron chi connectivity index (χ3n) is 3.55. The van der Waals surface area contributed by atoms with Crippen molar-refractivity contribution in [3.05, 3.63) is 65.6 Å². The summed E-state index contributed by atoms with van der Waals surface area (Å²) < 4.78 is 36.8. The fourth-order valence-corrected chi connectivity index (χ4v) is 2.30. The van der Waals surface area contributed by atoms with Crippen LogP contribution >= 0.6 is 0 Å². The molecule has 2 aromatic heterocycles. The van der Waals surface area contributed by atoms with Gasteiger partial charge < -0.3 is 14.5 Å². The lowest BCUT2D eigenvalue weighted by Crippen LogP contribution is -2.35. The van der Waals surface area contributed by atoms with Crippen LogP contribution < -0.4 is 5.32 Å². The summed E-state index contributed by atoms with van der Waals surface area (Å²) in [5.74, 6) is -3.37. The maximum Gasteiger partial charge on any atom is 0.333 e. The number of esters is 1. The van der Waals surface area contributed by atoms with Crippen molar-refractivity contribution in [3.8, 4) is 0 Å². The third kappa shape index (κ3) is 3.32. The van der Waals surface area contributed by atoms with Gasteiger partial charge in [0.2, 0.25) is 0 Å². The molecule has 3 rings (SSSR count). The number of carbonyl (C=O) groups excluding carboxylic acids is 2. The number of fused-ring (bicyclic) bond motifs is 1. The minimum Gasteiger partial charge on any atom is -0.467 e.